The Kier molecular flexibility index (Phi) is 7.84. The van der Waals surface area contributed by atoms with Crippen molar-refractivity contribution in [2.24, 2.45) is 23.7 Å². The molecule has 1 aromatic rings. The van der Waals surface area contributed by atoms with Crippen LogP contribution < -0.4 is 14.8 Å². The summed E-state index contributed by atoms with van der Waals surface area (Å²) in [6, 6.07) is 5.36. The number of likely N-dealkylation sites (tertiary alicyclic amines) is 1. The second kappa shape index (κ2) is 10.1. The van der Waals surface area contributed by atoms with Gasteiger partial charge in [0.15, 0.2) is 0 Å². The average Bonchev–Trinajstić information content (AvgIpc) is 3.22. The van der Waals surface area contributed by atoms with Gasteiger partial charge in [-0.1, -0.05) is 13.8 Å². The minimum absolute atomic E-state index is 0.139. The molecular formula is C21H28N2O8. The molecule has 0 spiro atoms. The highest BCUT2D eigenvalue weighted by atomic mass is 16.5. The van der Waals surface area contributed by atoms with Crippen molar-refractivity contribution in [2.45, 2.75) is 20.4 Å². The van der Waals surface area contributed by atoms with E-state index in [-0.39, 0.29) is 30.8 Å². The molecule has 2 heterocycles. The summed E-state index contributed by atoms with van der Waals surface area (Å²) in [4.78, 5) is 45.9. The molecule has 0 aliphatic carbocycles. The average molecular weight is 436 g/mol. The van der Waals surface area contributed by atoms with Gasteiger partial charge in [-0.2, -0.15) is 0 Å². The number of rotatable bonds is 6. The Labute approximate surface area is 180 Å². The maximum absolute atomic E-state index is 12.1. The third kappa shape index (κ3) is 5.44. The van der Waals surface area contributed by atoms with Crippen molar-refractivity contribution in [3.63, 3.8) is 0 Å². The minimum atomic E-state index is -0.931. The summed E-state index contributed by atoms with van der Waals surface area (Å²) in [5.41, 5.74) is 0.824. The third-order valence-corrected chi connectivity index (χ3v) is 5.73. The largest absolute Gasteiger partial charge is 0.497 e. The zero-order chi connectivity index (χ0) is 23.3. The number of carbonyl (C=O) groups excluding carboxylic acids is 2. The lowest BCUT2D eigenvalue weighted by Crippen LogP contribution is -2.26. The number of amides is 2. The smallest absolute Gasteiger partial charge is 0.309 e. The van der Waals surface area contributed by atoms with Gasteiger partial charge in [-0.3, -0.25) is 19.2 Å². The van der Waals surface area contributed by atoms with E-state index in [0.717, 1.165) is 5.56 Å². The van der Waals surface area contributed by atoms with Gasteiger partial charge in [0.1, 0.15) is 11.5 Å². The number of carboxylic acid groups (broad SMARTS) is 2. The summed E-state index contributed by atoms with van der Waals surface area (Å²) in [5.74, 6) is -2.90. The van der Waals surface area contributed by atoms with Gasteiger partial charge in [-0.05, 0) is 12.1 Å². The predicted molar refractivity (Wildman–Crippen MR) is 109 cm³/mol. The van der Waals surface area contributed by atoms with Crippen LogP contribution in [0.4, 0.5) is 0 Å². The maximum Gasteiger partial charge on any atom is 0.309 e. The quantitative estimate of drug-likeness (QED) is 0.595. The van der Waals surface area contributed by atoms with Crippen LogP contribution in [0.1, 0.15) is 19.4 Å². The number of hydrogen-bond acceptors (Lipinski definition) is 6. The first-order valence-corrected chi connectivity index (χ1v) is 9.83. The summed E-state index contributed by atoms with van der Waals surface area (Å²) in [6.07, 6.45) is 0. The second-order valence-corrected chi connectivity index (χ2v) is 7.61. The fraction of sp³-hybridized carbons (Fsp3) is 0.524. The molecule has 1 aromatic carbocycles. The van der Waals surface area contributed by atoms with E-state index in [0.29, 0.717) is 18.0 Å². The molecule has 2 aliphatic rings. The van der Waals surface area contributed by atoms with Gasteiger partial charge in [0.05, 0.1) is 37.9 Å². The van der Waals surface area contributed by atoms with Gasteiger partial charge in [0, 0.05) is 31.3 Å². The highest BCUT2D eigenvalue weighted by Crippen LogP contribution is 2.30. The van der Waals surface area contributed by atoms with Crippen LogP contribution in [-0.4, -0.2) is 66.2 Å². The van der Waals surface area contributed by atoms with Crippen LogP contribution in [0.2, 0.25) is 0 Å². The Morgan fingerprint density at radius 3 is 2.13 bits per heavy atom. The number of methoxy groups -OCH3 is 2. The highest BCUT2D eigenvalue weighted by molar-refractivity contribution is 5.88. The van der Waals surface area contributed by atoms with Gasteiger partial charge >= 0.3 is 11.9 Å². The number of carboxylic acids is 2. The van der Waals surface area contributed by atoms with Crippen LogP contribution in [0.15, 0.2) is 18.2 Å². The number of nitrogens with zero attached hydrogens (tertiary/aromatic N) is 1. The molecule has 2 aliphatic heterocycles. The Bertz CT molecular complexity index is 856. The Balaban J connectivity index is 0.000000285. The molecule has 4 atom stereocenters. The molecular weight excluding hydrogens is 408 g/mol. The summed E-state index contributed by atoms with van der Waals surface area (Å²) >= 11 is 0. The van der Waals surface area contributed by atoms with Crippen LogP contribution in [0.25, 0.3) is 0 Å². The van der Waals surface area contributed by atoms with E-state index in [9.17, 15) is 19.2 Å². The predicted octanol–water partition coefficient (Wildman–Crippen LogP) is 0.836. The van der Waals surface area contributed by atoms with Gasteiger partial charge in [0.25, 0.3) is 0 Å². The first-order valence-electron chi connectivity index (χ1n) is 9.83. The van der Waals surface area contributed by atoms with Crippen molar-refractivity contribution in [3.8, 4) is 11.5 Å². The normalized spacial score (nSPS) is 24.8. The van der Waals surface area contributed by atoms with E-state index >= 15 is 0 Å². The fourth-order valence-electron chi connectivity index (χ4n) is 3.60. The molecule has 31 heavy (non-hydrogen) atoms. The van der Waals surface area contributed by atoms with Crippen molar-refractivity contribution in [3.05, 3.63) is 23.8 Å². The third-order valence-electron chi connectivity index (χ3n) is 5.73. The van der Waals surface area contributed by atoms with E-state index < -0.39 is 29.7 Å². The maximum atomic E-state index is 12.1. The molecule has 0 bridgehead atoms. The van der Waals surface area contributed by atoms with Crippen molar-refractivity contribution in [2.75, 3.05) is 27.3 Å². The topological polar surface area (TPSA) is 142 Å². The fourth-order valence-corrected chi connectivity index (χ4v) is 3.60. The van der Waals surface area contributed by atoms with Crippen LogP contribution >= 0.6 is 0 Å². The van der Waals surface area contributed by atoms with E-state index in [1.54, 1.807) is 45.1 Å². The molecule has 0 radical (unpaired) electrons. The molecule has 170 valence electrons. The molecule has 2 saturated heterocycles. The molecule has 2 fully saturated rings. The standard InChI is InChI=1S/C15H19NO5.C6H9NO3/c1-9-12(15(18)19)8-16(14(9)17)7-10-4-5-11(20-2)6-13(10)21-3;1-3-4(6(9)10)2-7-5(3)8/h4-6,9,12H,7-8H2,1-3H3,(H,18,19);3-4H,2H2,1H3,(H,7,8)(H,9,10)/t9-,12+;3-,4+/m11/s1. The highest BCUT2D eigenvalue weighted by Gasteiger charge is 2.41. The molecule has 3 N–H and O–H groups in total. The Morgan fingerprint density at radius 2 is 1.71 bits per heavy atom. The van der Waals surface area contributed by atoms with Crippen molar-refractivity contribution in [1.82, 2.24) is 10.2 Å². The first kappa shape index (κ1) is 24.0. The number of ether oxygens (including phenoxy) is 2. The van der Waals surface area contributed by atoms with Gasteiger partial charge in [0.2, 0.25) is 11.8 Å². The zero-order valence-corrected chi connectivity index (χ0v) is 18.0. The van der Waals surface area contributed by atoms with Crippen LogP contribution in [-0.2, 0) is 25.7 Å². The summed E-state index contributed by atoms with van der Waals surface area (Å²) in [5, 5.41) is 20.1. The van der Waals surface area contributed by atoms with E-state index in [1.165, 1.54) is 0 Å². The molecule has 2 amide bonds. The number of aliphatic carboxylic acids is 2. The Morgan fingerprint density at radius 1 is 1.06 bits per heavy atom. The van der Waals surface area contributed by atoms with Crippen molar-refractivity contribution in [1.29, 1.82) is 0 Å². The Hall–Kier alpha value is -3.30. The van der Waals surface area contributed by atoms with Gasteiger partial charge < -0.3 is 29.9 Å². The van der Waals surface area contributed by atoms with E-state index in [2.05, 4.69) is 5.32 Å². The second-order valence-electron chi connectivity index (χ2n) is 7.61. The van der Waals surface area contributed by atoms with E-state index in [4.69, 9.17) is 19.7 Å². The molecule has 0 unspecified atom stereocenters. The monoisotopic (exact) mass is 436 g/mol. The number of hydrogen-bond donors (Lipinski definition) is 3. The summed E-state index contributed by atoms with van der Waals surface area (Å²) in [7, 11) is 3.12. The number of benzene rings is 1. The summed E-state index contributed by atoms with van der Waals surface area (Å²) in [6.45, 7) is 4.12. The van der Waals surface area contributed by atoms with Crippen molar-refractivity contribution >= 4 is 23.8 Å². The molecule has 3 rings (SSSR count). The number of nitrogens with one attached hydrogen (secondary N) is 1. The minimum Gasteiger partial charge on any atom is -0.497 e. The lowest BCUT2D eigenvalue weighted by atomic mass is 9.98. The first-order chi connectivity index (χ1) is 14.6. The SMILES string of the molecule is COc1ccc(CN2C[C@H](C(=O)O)[C@@H](C)C2=O)c(OC)c1.C[C@H]1C(=O)NC[C@@H]1C(=O)O. The molecule has 0 aromatic heterocycles. The molecule has 10 nitrogen and oxygen atoms in total. The molecule has 10 heteroatoms. The number of carbonyl (C=O) groups is 4. The lowest BCUT2D eigenvalue weighted by Gasteiger charge is -2.18. The van der Waals surface area contributed by atoms with Crippen LogP contribution in [0, 0.1) is 23.7 Å². The molecule has 0 saturated carbocycles. The zero-order valence-electron chi connectivity index (χ0n) is 18.0. The van der Waals surface area contributed by atoms with Gasteiger partial charge in [-0.15, -0.1) is 0 Å². The van der Waals surface area contributed by atoms with Crippen LogP contribution in [0.5, 0.6) is 11.5 Å². The van der Waals surface area contributed by atoms with Crippen molar-refractivity contribution < 1.29 is 38.9 Å². The lowest BCUT2D eigenvalue weighted by molar-refractivity contribution is -0.144. The van der Waals surface area contributed by atoms with E-state index in [1.807, 2.05) is 6.07 Å². The van der Waals surface area contributed by atoms with Gasteiger partial charge in [-0.25, -0.2) is 0 Å². The van der Waals surface area contributed by atoms with Crippen LogP contribution in [0.3, 0.4) is 0 Å². The summed E-state index contributed by atoms with van der Waals surface area (Å²) < 4.78 is 10.4.